The number of hydrogen-bond acceptors (Lipinski definition) is 2. The van der Waals surface area contributed by atoms with Gasteiger partial charge in [0.2, 0.25) is 6.41 Å². The molecule has 0 saturated carbocycles. The van der Waals surface area contributed by atoms with Crippen molar-refractivity contribution in [2.45, 2.75) is 33.2 Å². The smallest absolute Gasteiger partial charge is 0.305 e. The summed E-state index contributed by atoms with van der Waals surface area (Å²) in [5.41, 5.74) is 4.11. The first kappa shape index (κ1) is 13.2. The van der Waals surface area contributed by atoms with E-state index < -0.39 is 12.0 Å². The molecule has 0 aliphatic heterocycles. The Morgan fingerprint density at radius 1 is 1.29 bits per heavy atom. The lowest BCUT2D eigenvalue weighted by Crippen LogP contribution is -2.23. The Labute approximate surface area is 101 Å². The van der Waals surface area contributed by atoms with E-state index >= 15 is 0 Å². The first-order valence-electron chi connectivity index (χ1n) is 5.45. The summed E-state index contributed by atoms with van der Waals surface area (Å²) in [5, 5.41) is 11.4. The average molecular weight is 235 g/mol. The van der Waals surface area contributed by atoms with Crippen LogP contribution in [0.4, 0.5) is 0 Å². The molecule has 0 aliphatic carbocycles. The zero-order valence-corrected chi connectivity index (χ0v) is 10.3. The molecule has 92 valence electrons. The molecule has 1 amide bonds. The van der Waals surface area contributed by atoms with Gasteiger partial charge < -0.3 is 10.4 Å². The number of aliphatic carboxylic acids is 1. The number of carbonyl (C=O) groups is 2. The van der Waals surface area contributed by atoms with Crippen molar-refractivity contribution in [3.8, 4) is 0 Å². The van der Waals surface area contributed by atoms with E-state index in [2.05, 4.69) is 5.32 Å². The summed E-state index contributed by atoms with van der Waals surface area (Å²) in [6, 6.07) is 3.48. The van der Waals surface area contributed by atoms with Crippen LogP contribution < -0.4 is 5.32 Å². The first-order chi connectivity index (χ1) is 7.95. The number of rotatable bonds is 5. The number of carboxylic acids is 1. The molecular formula is C13H17NO3. The Balaban J connectivity index is 3.12. The van der Waals surface area contributed by atoms with Gasteiger partial charge >= 0.3 is 5.97 Å². The fourth-order valence-corrected chi connectivity index (χ4v) is 1.87. The predicted octanol–water partition coefficient (Wildman–Crippen LogP) is 1.87. The number of carbonyl (C=O) groups excluding carboxylic acids is 1. The van der Waals surface area contributed by atoms with Crippen molar-refractivity contribution >= 4 is 12.4 Å². The molecule has 1 aromatic rings. The van der Waals surface area contributed by atoms with E-state index in [9.17, 15) is 9.59 Å². The van der Waals surface area contributed by atoms with Gasteiger partial charge in [-0.2, -0.15) is 0 Å². The van der Waals surface area contributed by atoms with Crippen LogP contribution in [0.1, 0.15) is 34.7 Å². The molecule has 1 rings (SSSR count). The number of benzene rings is 1. The largest absolute Gasteiger partial charge is 0.481 e. The number of nitrogens with one attached hydrogen (secondary N) is 1. The Bertz CT molecular complexity index is 441. The van der Waals surface area contributed by atoms with Crippen LogP contribution in [0.5, 0.6) is 0 Å². The van der Waals surface area contributed by atoms with Crippen LogP contribution in [-0.2, 0) is 9.59 Å². The molecular weight excluding hydrogens is 218 g/mol. The number of aryl methyl sites for hydroxylation is 3. The third-order valence-electron chi connectivity index (χ3n) is 2.91. The van der Waals surface area contributed by atoms with E-state index in [0.717, 1.165) is 22.3 Å². The van der Waals surface area contributed by atoms with Gasteiger partial charge in [-0.25, -0.2) is 0 Å². The van der Waals surface area contributed by atoms with E-state index in [0.29, 0.717) is 6.41 Å². The highest BCUT2D eigenvalue weighted by Crippen LogP contribution is 2.23. The van der Waals surface area contributed by atoms with E-state index in [1.165, 1.54) is 0 Å². The van der Waals surface area contributed by atoms with Crippen LogP contribution in [0.25, 0.3) is 0 Å². The summed E-state index contributed by atoms with van der Waals surface area (Å²) in [6.07, 6.45) is 0.435. The Kier molecular flexibility index (Phi) is 4.26. The van der Waals surface area contributed by atoms with Crippen molar-refractivity contribution in [2.75, 3.05) is 0 Å². The standard InChI is InChI=1S/C13H17NO3/c1-8-4-10(3)11(5-9(8)2)12(14-7-15)6-13(16)17/h4-5,7,12H,6H2,1-3H3,(H,14,15)(H,16,17)/t12-/m1/s1. The maximum atomic E-state index is 10.8. The monoisotopic (exact) mass is 235 g/mol. The summed E-state index contributed by atoms with van der Waals surface area (Å²) in [4.78, 5) is 21.3. The fourth-order valence-electron chi connectivity index (χ4n) is 1.87. The lowest BCUT2D eigenvalue weighted by molar-refractivity contribution is -0.137. The summed E-state index contributed by atoms with van der Waals surface area (Å²) < 4.78 is 0. The number of hydrogen-bond donors (Lipinski definition) is 2. The molecule has 0 bridgehead atoms. The molecule has 2 N–H and O–H groups in total. The third-order valence-corrected chi connectivity index (χ3v) is 2.91. The SMILES string of the molecule is Cc1cc(C)c([C@@H](CC(=O)O)NC=O)cc1C. The Morgan fingerprint density at radius 2 is 1.88 bits per heavy atom. The molecule has 0 aliphatic rings. The normalized spacial score (nSPS) is 11.9. The quantitative estimate of drug-likeness (QED) is 0.766. The molecule has 0 heterocycles. The Morgan fingerprint density at radius 3 is 2.41 bits per heavy atom. The zero-order valence-electron chi connectivity index (χ0n) is 10.3. The second-order valence-corrected chi connectivity index (χ2v) is 4.23. The minimum atomic E-state index is -0.929. The van der Waals surface area contributed by atoms with E-state index in [4.69, 9.17) is 5.11 Å². The van der Waals surface area contributed by atoms with Crippen LogP contribution in [0.15, 0.2) is 12.1 Å². The second kappa shape index (κ2) is 5.48. The highest BCUT2D eigenvalue weighted by molar-refractivity contribution is 5.69. The molecule has 0 saturated heterocycles. The molecule has 0 spiro atoms. The molecule has 17 heavy (non-hydrogen) atoms. The van der Waals surface area contributed by atoms with Crippen LogP contribution in [-0.4, -0.2) is 17.5 Å². The minimum Gasteiger partial charge on any atom is -0.481 e. The topological polar surface area (TPSA) is 66.4 Å². The predicted molar refractivity (Wildman–Crippen MR) is 64.8 cm³/mol. The molecule has 0 fully saturated rings. The molecule has 1 atom stereocenters. The maximum Gasteiger partial charge on any atom is 0.305 e. The Hall–Kier alpha value is -1.84. The lowest BCUT2D eigenvalue weighted by atomic mass is 9.94. The van der Waals surface area contributed by atoms with Gasteiger partial charge in [-0.1, -0.05) is 12.1 Å². The average Bonchev–Trinajstić information content (AvgIpc) is 2.22. The maximum absolute atomic E-state index is 10.8. The lowest BCUT2D eigenvalue weighted by Gasteiger charge is -2.18. The minimum absolute atomic E-state index is 0.109. The van der Waals surface area contributed by atoms with Gasteiger partial charge in [0.15, 0.2) is 0 Å². The number of amides is 1. The van der Waals surface area contributed by atoms with Crippen molar-refractivity contribution in [3.05, 3.63) is 34.4 Å². The van der Waals surface area contributed by atoms with Gasteiger partial charge in [-0.3, -0.25) is 9.59 Å². The molecule has 1 aromatic carbocycles. The van der Waals surface area contributed by atoms with Gasteiger partial charge in [0.05, 0.1) is 12.5 Å². The van der Waals surface area contributed by atoms with Gasteiger partial charge in [0, 0.05) is 0 Å². The highest BCUT2D eigenvalue weighted by Gasteiger charge is 2.17. The van der Waals surface area contributed by atoms with Crippen molar-refractivity contribution in [1.29, 1.82) is 0 Å². The summed E-state index contributed by atoms with van der Waals surface area (Å²) >= 11 is 0. The van der Waals surface area contributed by atoms with Crippen LogP contribution in [0, 0.1) is 20.8 Å². The van der Waals surface area contributed by atoms with Gasteiger partial charge in [0.25, 0.3) is 0 Å². The van der Waals surface area contributed by atoms with E-state index in [1.807, 2.05) is 32.9 Å². The highest BCUT2D eigenvalue weighted by atomic mass is 16.4. The summed E-state index contributed by atoms with van der Waals surface area (Å²) in [6.45, 7) is 5.89. The second-order valence-electron chi connectivity index (χ2n) is 4.23. The molecule has 0 unspecified atom stereocenters. The molecule has 0 aromatic heterocycles. The van der Waals surface area contributed by atoms with E-state index in [-0.39, 0.29) is 6.42 Å². The van der Waals surface area contributed by atoms with Crippen molar-refractivity contribution in [3.63, 3.8) is 0 Å². The van der Waals surface area contributed by atoms with Gasteiger partial charge in [-0.15, -0.1) is 0 Å². The van der Waals surface area contributed by atoms with Crippen molar-refractivity contribution < 1.29 is 14.7 Å². The summed E-state index contributed by atoms with van der Waals surface area (Å²) in [5.74, 6) is -0.929. The first-order valence-corrected chi connectivity index (χ1v) is 5.45. The fraction of sp³-hybridized carbons (Fsp3) is 0.385. The molecule has 0 radical (unpaired) electrons. The zero-order chi connectivity index (χ0) is 13.0. The molecule has 4 nitrogen and oxygen atoms in total. The van der Waals surface area contributed by atoms with Crippen molar-refractivity contribution in [2.24, 2.45) is 0 Å². The van der Waals surface area contributed by atoms with E-state index in [1.54, 1.807) is 0 Å². The van der Waals surface area contributed by atoms with Crippen LogP contribution >= 0.6 is 0 Å². The van der Waals surface area contributed by atoms with Gasteiger partial charge in [0.1, 0.15) is 0 Å². The molecule has 4 heteroatoms. The summed E-state index contributed by atoms with van der Waals surface area (Å²) in [7, 11) is 0. The van der Waals surface area contributed by atoms with Crippen LogP contribution in [0.3, 0.4) is 0 Å². The van der Waals surface area contributed by atoms with Crippen molar-refractivity contribution in [1.82, 2.24) is 5.32 Å². The van der Waals surface area contributed by atoms with Crippen LogP contribution in [0.2, 0.25) is 0 Å². The third kappa shape index (κ3) is 3.31. The number of carboxylic acid groups (broad SMARTS) is 1. The van der Waals surface area contributed by atoms with Gasteiger partial charge in [-0.05, 0) is 43.0 Å².